The summed E-state index contributed by atoms with van der Waals surface area (Å²) in [5, 5.41) is 3.70. The molecule has 1 aliphatic heterocycles. The number of hydrogen-bond acceptors (Lipinski definition) is 3. The van der Waals surface area contributed by atoms with E-state index in [-0.39, 0.29) is 17.9 Å². The van der Waals surface area contributed by atoms with Crippen LogP contribution in [0.15, 0.2) is 47.3 Å². The summed E-state index contributed by atoms with van der Waals surface area (Å²) in [6.45, 7) is 5.57. The van der Waals surface area contributed by atoms with Crippen LogP contribution in [0.2, 0.25) is 0 Å². The van der Waals surface area contributed by atoms with Gasteiger partial charge >= 0.3 is 0 Å². The van der Waals surface area contributed by atoms with Gasteiger partial charge in [0.05, 0.1) is 12.1 Å². The molecule has 1 N–H and O–H groups in total. The lowest BCUT2D eigenvalue weighted by atomic mass is 10.0. The van der Waals surface area contributed by atoms with Crippen molar-refractivity contribution in [2.75, 3.05) is 18.4 Å². The molecule has 0 spiro atoms. The number of carbonyl (C=O) groups is 1. The summed E-state index contributed by atoms with van der Waals surface area (Å²) in [7, 11) is 2.02. The Morgan fingerprint density at radius 3 is 2.54 bits per heavy atom. The smallest absolute Gasteiger partial charge is 0.238 e. The zero-order valence-corrected chi connectivity index (χ0v) is 16.6. The van der Waals surface area contributed by atoms with E-state index in [1.807, 2.05) is 63.4 Å². The highest BCUT2D eigenvalue weighted by atomic mass is 16.2. The van der Waals surface area contributed by atoms with Crippen molar-refractivity contribution in [1.29, 1.82) is 0 Å². The van der Waals surface area contributed by atoms with E-state index in [9.17, 15) is 9.59 Å². The Morgan fingerprint density at radius 1 is 1.07 bits per heavy atom. The Kier molecular flexibility index (Phi) is 4.77. The molecule has 0 aliphatic carbocycles. The molecule has 0 saturated heterocycles. The summed E-state index contributed by atoms with van der Waals surface area (Å²) in [5.74, 6) is -0.0549. The van der Waals surface area contributed by atoms with Crippen LogP contribution in [0.4, 0.5) is 5.69 Å². The van der Waals surface area contributed by atoms with Gasteiger partial charge < -0.3 is 9.88 Å². The Bertz CT molecular complexity index is 1110. The third-order valence-corrected chi connectivity index (χ3v) is 5.53. The van der Waals surface area contributed by atoms with Gasteiger partial charge in [-0.05, 0) is 38.1 Å². The topological polar surface area (TPSA) is 54.3 Å². The molecule has 1 aliphatic rings. The molecule has 2 heterocycles. The van der Waals surface area contributed by atoms with E-state index in [2.05, 4.69) is 14.8 Å². The first-order valence-corrected chi connectivity index (χ1v) is 9.62. The van der Waals surface area contributed by atoms with Gasteiger partial charge in [-0.2, -0.15) is 0 Å². The maximum absolute atomic E-state index is 13.1. The van der Waals surface area contributed by atoms with Gasteiger partial charge in [0, 0.05) is 48.9 Å². The fourth-order valence-corrected chi connectivity index (χ4v) is 3.99. The predicted octanol–water partition coefficient (Wildman–Crippen LogP) is 3.15. The predicted molar refractivity (Wildman–Crippen MR) is 113 cm³/mol. The molecule has 0 fully saturated rings. The molecule has 0 bridgehead atoms. The number of nitrogens with one attached hydrogen (secondary N) is 1. The number of carbonyl (C=O) groups excluding carboxylic acids is 1. The fourth-order valence-electron chi connectivity index (χ4n) is 3.99. The van der Waals surface area contributed by atoms with E-state index in [1.54, 1.807) is 0 Å². The second-order valence-electron chi connectivity index (χ2n) is 7.71. The van der Waals surface area contributed by atoms with E-state index < -0.39 is 0 Å². The van der Waals surface area contributed by atoms with Crippen molar-refractivity contribution < 1.29 is 4.79 Å². The van der Waals surface area contributed by atoms with Crippen LogP contribution < -0.4 is 10.7 Å². The number of amides is 1. The molecule has 144 valence electrons. The minimum absolute atomic E-state index is 0.0549. The third kappa shape index (κ3) is 3.45. The van der Waals surface area contributed by atoms with Gasteiger partial charge in [0.15, 0.2) is 5.43 Å². The summed E-state index contributed by atoms with van der Waals surface area (Å²) in [6, 6.07) is 13.8. The minimum atomic E-state index is -0.0549. The Morgan fingerprint density at radius 2 is 1.79 bits per heavy atom. The second kappa shape index (κ2) is 7.24. The van der Waals surface area contributed by atoms with E-state index in [0.717, 1.165) is 51.9 Å². The summed E-state index contributed by atoms with van der Waals surface area (Å²) in [6.07, 6.45) is 0.767. The molecule has 1 aromatic heterocycles. The molecule has 28 heavy (non-hydrogen) atoms. The molecule has 5 heteroatoms. The number of nitrogens with zero attached hydrogens (tertiary/aromatic N) is 2. The zero-order valence-electron chi connectivity index (χ0n) is 16.6. The Hall–Kier alpha value is -2.92. The van der Waals surface area contributed by atoms with E-state index in [1.165, 1.54) is 0 Å². The van der Waals surface area contributed by atoms with Crippen molar-refractivity contribution in [3.8, 4) is 0 Å². The van der Waals surface area contributed by atoms with Crippen molar-refractivity contribution >= 4 is 22.5 Å². The first-order chi connectivity index (χ1) is 13.4. The van der Waals surface area contributed by atoms with Crippen LogP contribution in [0.5, 0.6) is 0 Å². The number of hydrogen-bond donors (Lipinski definition) is 1. The van der Waals surface area contributed by atoms with Crippen LogP contribution in [0, 0.1) is 13.8 Å². The molecule has 5 nitrogen and oxygen atoms in total. The number of rotatable bonds is 3. The van der Waals surface area contributed by atoms with Gasteiger partial charge in [0.25, 0.3) is 0 Å². The molecular formula is C23H25N3O2. The van der Waals surface area contributed by atoms with Gasteiger partial charge in [0.1, 0.15) is 0 Å². The normalized spacial score (nSPS) is 14.1. The van der Waals surface area contributed by atoms with Gasteiger partial charge in [-0.25, -0.2) is 0 Å². The van der Waals surface area contributed by atoms with Gasteiger partial charge in [-0.15, -0.1) is 0 Å². The first kappa shape index (κ1) is 18.4. The maximum Gasteiger partial charge on any atom is 0.238 e. The van der Waals surface area contributed by atoms with Crippen LogP contribution >= 0.6 is 0 Å². The summed E-state index contributed by atoms with van der Waals surface area (Å²) < 4.78 is 2.13. The summed E-state index contributed by atoms with van der Waals surface area (Å²) in [5.41, 5.74) is 5.99. The van der Waals surface area contributed by atoms with Crippen molar-refractivity contribution in [3.05, 3.63) is 75.1 Å². The van der Waals surface area contributed by atoms with Crippen molar-refractivity contribution in [1.82, 2.24) is 9.47 Å². The average Bonchev–Trinajstić information content (AvgIpc) is 2.68. The molecule has 3 aromatic rings. The monoisotopic (exact) mass is 375 g/mol. The molecular weight excluding hydrogens is 350 g/mol. The molecule has 0 radical (unpaired) electrons. The highest BCUT2D eigenvalue weighted by Crippen LogP contribution is 2.22. The molecule has 4 rings (SSSR count). The summed E-state index contributed by atoms with van der Waals surface area (Å²) >= 11 is 0. The summed E-state index contributed by atoms with van der Waals surface area (Å²) in [4.78, 5) is 27.6. The Balaban J connectivity index is 1.56. The molecule has 1 amide bonds. The standard InChI is InChI=1S/C23H25N3O2/c1-15-4-7-17(8-5-15)24-22(27)14-26-11-10-21-19(13-26)23(28)18-12-16(2)6-9-20(18)25(21)3/h4-9,12H,10-11,13-14H2,1-3H3,(H,24,27). The number of pyridine rings is 1. The lowest BCUT2D eigenvalue weighted by Gasteiger charge is -2.29. The number of fused-ring (bicyclic) bond motifs is 2. The number of aromatic nitrogens is 1. The lowest BCUT2D eigenvalue weighted by molar-refractivity contribution is -0.117. The molecule has 2 aromatic carbocycles. The molecule has 0 atom stereocenters. The van der Waals surface area contributed by atoms with Crippen LogP contribution in [-0.2, 0) is 24.8 Å². The maximum atomic E-state index is 13.1. The van der Waals surface area contributed by atoms with Crippen LogP contribution in [0.1, 0.15) is 22.4 Å². The zero-order chi connectivity index (χ0) is 19.8. The largest absolute Gasteiger partial charge is 0.347 e. The van der Waals surface area contributed by atoms with E-state index in [0.29, 0.717) is 6.54 Å². The van der Waals surface area contributed by atoms with Crippen molar-refractivity contribution in [2.24, 2.45) is 7.05 Å². The number of anilines is 1. The van der Waals surface area contributed by atoms with Crippen molar-refractivity contribution in [3.63, 3.8) is 0 Å². The van der Waals surface area contributed by atoms with Gasteiger partial charge in [-0.3, -0.25) is 14.5 Å². The molecule has 0 unspecified atom stereocenters. The highest BCUT2D eigenvalue weighted by Gasteiger charge is 2.24. The quantitative estimate of drug-likeness (QED) is 0.765. The Labute approximate surface area is 164 Å². The molecule has 0 saturated carbocycles. The third-order valence-electron chi connectivity index (χ3n) is 5.53. The van der Waals surface area contributed by atoms with E-state index >= 15 is 0 Å². The fraction of sp³-hybridized carbons (Fsp3) is 0.304. The SMILES string of the molecule is Cc1ccc(NC(=O)CN2CCc3c(c(=O)c4cc(C)ccc4n3C)C2)cc1. The second-order valence-corrected chi connectivity index (χ2v) is 7.71. The van der Waals surface area contributed by atoms with Crippen LogP contribution in [0.3, 0.4) is 0 Å². The van der Waals surface area contributed by atoms with Crippen molar-refractivity contribution in [2.45, 2.75) is 26.8 Å². The van der Waals surface area contributed by atoms with Gasteiger partial charge in [0.2, 0.25) is 5.91 Å². The van der Waals surface area contributed by atoms with Crippen LogP contribution in [-0.4, -0.2) is 28.5 Å². The van der Waals surface area contributed by atoms with E-state index in [4.69, 9.17) is 0 Å². The average molecular weight is 375 g/mol. The van der Waals surface area contributed by atoms with Gasteiger partial charge in [-0.1, -0.05) is 29.3 Å². The number of benzene rings is 2. The first-order valence-electron chi connectivity index (χ1n) is 9.62. The lowest BCUT2D eigenvalue weighted by Crippen LogP contribution is -2.40. The minimum Gasteiger partial charge on any atom is -0.347 e. The van der Waals surface area contributed by atoms with Crippen LogP contribution in [0.25, 0.3) is 10.9 Å². The number of aryl methyl sites for hydroxylation is 3. The highest BCUT2D eigenvalue weighted by molar-refractivity contribution is 5.92.